The molecule has 3 N–H and O–H groups in total. The average molecular weight is 739 g/mol. The number of furan rings is 1. The Hall–Kier alpha value is -4.37. The summed E-state index contributed by atoms with van der Waals surface area (Å²) in [5, 5.41) is 36.6. The summed E-state index contributed by atoms with van der Waals surface area (Å²) >= 11 is 0. The van der Waals surface area contributed by atoms with Crippen LogP contribution in [0.4, 0.5) is 0 Å². The fourth-order valence-corrected chi connectivity index (χ4v) is 9.24. The number of hydrogen-bond acceptors (Lipinski definition) is 14. The highest BCUT2D eigenvalue weighted by Gasteiger charge is 2.78. The first-order valence-electron chi connectivity index (χ1n) is 17.6. The van der Waals surface area contributed by atoms with Crippen molar-refractivity contribution in [1.29, 1.82) is 0 Å². The highest BCUT2D eigenvalue weighted by atomic mass is 16.6. The van der Waals surface area contributed by atoms with E-state index in [1.54, 1.807) is 58.0 Å². The van der Waals surface area contributed by atoms with Crippen molar-refractivity contribution in [3.05, 3.63) is 71.2 Å². The molecule has 2 heterocycles. The van der Waals surface area contributed by atoms with Gasteiger partial charge < -0.3 is 43.4 Å². The van der Waals surface area contributed by atoms with Crippen LogP contribution in [-0.2, 0) is 42.9 Å². The van der Waals surface area contributed by atoms with E-state index < -0.39 is 107 Å². The molecule has 53 heavy (non-hydrogen) atoms. The molecule has 0 spiro atoms. The number of ketones is 1. The van der Waals surface area contributed by atoms with E-state index in [1.807, 2.05) is 0 Å². The SMILES string of the molecule is CC(=O)OC1CC2OCC2(OC(C)=O)C2C(OC(=O)c3ccccc3)C3(O)CC(OC(=O)C(O)C(C)c4ccco4)C(C)=C(C(O)C(=O)[C@]12C)C3(C)C. The van der Waals surface area contributed by atoms with Gasteiger partial charge in [-0.25, -0.2) is 9.59 Å². The Morgan fingerprint density at radius 2 is 1.64 bits per heavy atom. The van der Waals surface area contributed by atoms with Crippen molar-refractivity contribution in [2.24, 2.45) is 16.7 Å². The van der Waals surface area contributed by atoms with Gasteiger partial charge in [-0.05, 0) is 49.3 Å². The van der Waals surface area contributed by atoms with Crippen molar-refractivity contribution >= 4 is 29.7 Å². The summed E-state index contributed by atoms with van der Waals surface area (Å²) in [6.45, 7) is 9.73. The fourth-order valence-electron chi connectivity index (χ4n) is 9.24. The third-order valence-electron chi connectivity index (χ3n) is 12.2. The van der Waals surface area contributed by atoms with Crippen LogP contribution < -0.4 is 0 Å². The Morgan fingerprint density at radius 3 is 2.21 bits per heavy atom. The molecule has 14 nitrogen and oxygen atoms in total. The van der Waals surface area contributed by atoms with Crippen molar-refractivity contribution in [3.63, 3.8) is 0 Å². The first-order chi connectivity index (χ1) is 24.8. The molecule has 4 aliphatic rings. The number of esters is 4. The van der Waals surface area contributed by atoms with E-state index in [1.165, 1.54) is 25.3 Å². The van der Waals surface area contributed by atoms with E-state index >= 15 is 4.79 Å². The van der Waals surface area contributed by atoms with E-state index in [0.29, 0.717) is 5.76 Å². The van der Waals surface area contributed by atoms with Crippen LogP contribution in [0.5, 0.6) is 0 Å². The first-order valence-corrected chi connectivity index (χ1v) is 17.6. The fraction of sp³-hybridized carbons (Fsp3) is 0.564. The summed E-state index contributed by atoms with van der Waals surface area (Å²) in [7, 11) is 0. The van der Waals surface area contributed by atoms with Gasteiger partial charge in [-0.2, -0.15) is 0 Å². The Labute approximate surface area is 306 Å². The highest BCUT2D eigenvalue weighted by molar-refractivity contribution is 5.94. The van der Waals surface area contributed by atoms with Gasteiger partial charge in [-0.15, -0.1) is 0 Å². The van der Waals surface area contributed by atoms with Crippen molar-refractivity contribution in [2.45, 2.75) is 115 Å². The molecule has 3 fully saturated rings. The molecule has 3 aliphatic carbocycles. The zero-order valence-corrected chi connectivity index (χ0v) is 30.7. The maximum absolute atomic E-state index is 15.1. The average Bonchev–Trinajstić information content (AvgIpc) is 3.64. The third kappa shape index (κ3) is 5.90. The number of hydrogen-bond donors (Lipinski definition) is 3. The monoisotopic (exact) mass is 738 g/mol. The van der Waals surface area contributed by atoms with Crippen LogP contribution in [-0.4, -0.2) is 99.4 Å². The van der Waals surface area contributed by atoms with Crippen molar-refractivity contribution in [2.75, 3.05) is 6.61 Å². The van der Waals surface area contributed by atoms with Crippen molar-refractivity contribution < 1.29 is 67.4 Å². The van der Waals surface area contributed by atoms with Gasteiger partial charge in [0.25, 0.3) is 0 Å². The second-order valence-corrected chi connectivity index (χ2v) is 15.4. The van der Waals surface area contributed by atoms with Crippen LogP contribution in [0.3, 0.4) is 0 Å². The van der Waals surface area contributed by atoms with E-state index in [4.69, 9.17) is 28.1 Å². The van der Waals surface area contributed by atoms with Gasteiger partial charge in [0.05, 0.1) is 35.7 Å². The molecule has 14 heteroatoms. The molecule has 1 aromatic carbocycles. The second-order valence-electron chi connectivity index (χ2n) is 15.4. The number of fused-ring (bicyclic) bond motifs is 5. The summed E-state index contributed by atoms with van der Waals surface area (Å²) in [5.41, 5.74) is -7.26. The van der Waals surface area contributed by atoms with Crippen LogP contribution >= 0.6 is 0 Å². The van der Waals surface area contributed by atoms with Gasteiger partial charge in [0.1, 0.15) is 41.9 Å². The summed E-state index contributed by atoms with van der Waals surface area (Å²) in [6, 6.07) is 11.1. The minimum Gasteiger partial charge on any atom is -0.469 e. The summed E-state index contributed by atoms with van der Waals surface area (Å²) in [4.78, 5) is 68.2. The summed E-state index contributed by atoms with van der Waals surface area (Å²) < 4.78 is 35.3. The van der Waals surface area contributed by atoms with Gasteiger partial charge >= 0.3 is 23.9 Å². The van der Waals surface area contributed by atoms with Gasteiger partial charge in [-0.3, -0.25) is 14.4 Å². The molecule has 2 aromatic rings. The standard InChI is InChI=1S/C39H46O14/c1-19-25(51-35(46)29(42)20(2)24-14-11-15-48-24)17-39(47)33(52-34(45)23-12-9-8-10-13-23)31-37(7,32(44)30(43)28(19)36(39,5)6)26(50-21(3)40)16-27-38(31,18-49-27)53-22(4)41/h8-15,20,25-27,29-31,33,42-43,47H,16-18H2,1-7H3/t20?,25?,26?,27?,29?,30?,31?,33?,37-,38?,39?/m1/s1. The molecular formula is C39H46O14. The number of carbonyl (C=O) groups excluding carboxylic acids is 5. The quantitative estimate of drug-likeness (QED) is 0.202. The maximum Gasteiger partial charge on any atom is 0.338 e. The lowest BCUT2D eigenvalue weighted by molar-refractivity contribution is -0.346. The molecule has 1 saturated heterocycles. The number of rotatable bonds is 8. The van der Waals surface area contributed by atoms with Crippen LogP contribution in [0.15, 0.2) is 64.3 Å². The topological polar surface area (TPSA) is 205 Å². The lowest BCUT2D eigenvalue weighted by Gasteiger charge is -2.67. The molecule has 11 atom stereocenters. The molecule has 0 radical (unpaired) electrons. The Bertz CT molecular complexity index is 1820. The van der Waals surface area contributed by atoms with Gasteiger partial charge in [-0.1, -0.05) is 39.0 Å². The van der Waals surface area contributed by atoms with Crippen LogP contribution in [0.2, 0.25) is 0 Å². The predicted molar refractivity (Wildman–Crippen MR) is 182 cm³/mol. The van der Waals surface area contributed by atoms with E-state index in [0.717, 1.165) is 13.8 Å². The van der Waals surface area contributed by atoms with Crippen LogP contribution in [0, 0.1) is 16.7 Å². The molecule has 1 aromatic heterocycles. The minimum atomic E-state index is -2.30. The predicted octanol–water partition coefficient (Wildman–Crippen LogP) is 2.96. The molecule has 0 amide bonds. The lowest BCUT2D eigenvalue weighted by Crippen LogP contribution is -2.82. The first kappa shape index (κ1) is 38.4. The van der Waals surface area contributed by atoms with Crippen LogP contribution in [0.1, 0.15) is 83.3 Å². The molecule has 2 bridgehead atoms. The van der Waals surface area contributed by atoms with E-state index in [9.17, 15) is 34.5 Å². The van der Waals surface area contributed by atoms with Crippen molar-refractivity contribution in [1.82, 2.24) is 0 Å². The Kier molecular flexibility index (Phi) is 9.76. The summed E-state index contributed by atoms with van der Waals surface area (Å²) in [6.07, 6.45) is -8.26. The molecule has 286 valence electrons. The zero-order valence-electron chi connectivity index (χ0n) is 30.7. The Morgan fingerprint density at radius 1 is 0.962 bits per heavy atom. The minimum absolute atomic E-state index is 0.0156. The van der Waals surface area contributed by atoms with Gasteiger partial charge in [0.15, 0.2) is 17.5 Å². The van der Waals surface area contributed by atoms with Crippen molar-refractivity contribution in [3.8, 4) is 0 Å². The zero-order chi connectivity index (χ0) is 38.8. The maximum atomic E-state index is 15.1. The highest BCUT2D eigenvalue weighted by Crippen LogP contribution is 2.64. The number of ether oxygens (including phenoxy) is 5. The molecule has 1 aliphatic heterocycles. The largest absolute Gasteiger partial charge is 0.469 e. The normalized spacial score (nSPS) is 35.5. The smallest absolute Gasteiger partial charge is 0.338 e. The molecule has 2 saturated carbocycles. The number of aliphatic hydroxyl groups is 3. The van der Waals surface area contributed by atoms with E-state index in [2.05, 4.69) is 0 Å². The molecular weight excluding hydrogens is 692 g/mol. The van der Waals surface area contributed by atoms with E-state index in [-0.39, 0.29) is 29.7 Å². The van der Waals surface area contributed by atoms with Gasteiger partial charge in [0, 0.05) is 32.1 Å². The number of carbonyl (C=O) groups is 5. The van der Waals surface area contributed by atoms with Gasteiger partial charge in [0.2, 0.25) is 0 Å². The lowest BCUT2D eigenvalue weighted by atomic mass is 9.44. The second kappa shape index (κ2) is 13.5. The Balaban J connectivity index is 1.57. The van der Waals surface area contributed by atoms with Crippen LogP contribution in [0.25, 0.3) is 0 Å². The number of benzene rings is 1. The number of aliphatic hydroxyl groups excluding tert-OH is 2. The molecule has 6 rings (SSSR count). The molecule has 10 unspecified atom stereocenters. The third-order valence-corrected chi connectivity index (χ3v) is 12.2. The summed E-state index contributed by atoms with van der Waals surface area (Å²) in [5.74, 6) is -6.34. The number of Topliss-reactive ketones (excluding diaryl/α,β-unsaturated/α-hetero) is 1.